The number of rotatable bonds is 11. The molecule has 0 radical (unpaired) electrons. The number of hydrogen-bond donors (Lipinski definition) is 5. The fraction of sp³-hybridized carbons (Fsp3) is 0.714. The monoisotopic (exact) mass is 423 g/mol. The summed E-state index contributed by atoms with van der Waals surface area (Å²) in [6.45, 7) is 1.22. The Balaban J connectivity index is 1.36. The maximum atomic E-state index is 11.4. The zero-order chi connectivity index (χ0) is 21.7. The Bertz CT molecular complexity index is 714. The average molecular weight is 424 g/mol. The molecule has 1 aliphatic heterocycles. The second-order valence-corrected chi connectivity index (χ2v) is 8.44. The molecular weight excluding hydrogens is 390 g/mol. The number of nitro benzene ring substituents is 1. The summed E-state index contributed by atoms with van der Waals surface area (Å²) in [6, 6.07) is 4.91. The summed E-state index contributed by atoms with van der Waals surface area (Å²) in [5.74, 6) is 0.480. The van der Waals surface area contributed by atoms with Crippen molar-refractivity contribution in [3.05, 3.63) is 33.9 Å². The number of nitrogens with one attached hydrogen (secondary N) is 1. The fourth-order valence-corrected chi connectivity index (χ4v) is 4.17. The van der Waals surface area contributed by atoms with E-state index in [1.54, 1.807) is 6.07 Å². The summed E-state index contributed by atoms with van der Waals surface area (Å²) in [7, 11) is 0. The van der Waals surface area contributed by atoms with E-state index in [0.29, 0.717) is 24.7 Å². The smallest absolute Gasteiger partial charge is 0.292 e. The number of nitro groups is 1. The number of aliphatic hydroxyl groups is 4. The first-order valence-electron chi connectivity index (χ1n) is 10.8. The van der Waals surface area contributed by atoms with Gasteiger partial charge < -0.3 is 25.7 Å². The second kappa shape index (κ2) is 10.5. The summed E-state index contributed by atoms with van der Waals surface area (Å²) in [6.07, 6.45) is 2.38. The molecule has 1 aromatic rings. The Morgan fingerprint density at radius 2 is 1.83 bits per heavy atom. The second-order valence-electron chi connectivity index (χ2n) is 8.44. The summed E-state index contributed by atoms with van der Waals surface area (Å²) in [5.41, 5.74) is 1.75. The van der Waals surface area contributed by atoms with E-state index in [9.17, 15) is 30.5 Å². The van der Waals surface area contributed by atoms with E-state index in [2.05, 4.69) is 5.32 Å². The van der Waals surface area contributed by atoms with Gasteiger partial charge in [0.2, 0.25) is 0 Å². The van der Waals surface area contributed by atoms with E-state index in [4.69, 9.17) is 0 Å². The van der Waals surface area contributed by atoms with Crippen molar-refractivity contribution in [1.29, 1.82) is 0 Å². The number of likely N-dealkylation sites (tertiary alicyclic amines) is 1. The number of β-amino-alcohol motifs (C(OH)–C–C–N with tert-alkyl or cyclic N) is 1. The molecule has 0 spiro atoms. The van der Waals surface area contributed by atoms with Crippen molar-refractivity contribution in [2.45, 2.75) is 68.8 Å². The van der Waals surface area contributed by atoms with Crippen molar-refractivity contribution in [3.8, 4) is 0 Å². The van der Waals surface area contributed by atoms with Crippen molar-refractivity contribution in [3.63, 3.8) is 0 Å². The molecule has 30 heavy (non-hydrogen) atoms. The minimum atomic E-state index is -1.23. The molecule has 2 aliphatic rings. The number of piperidine rings is 1. The van der Waals surface area contributed by atoms with Gasteiger partial charge in [0, 0.05) is 19.2 Å². The molecule has 3 rings (SSSR count). The van der Waals surface area contributed by atoms with Crippen LogP contribution in [0.5, 0.6) is 0 Å². The first-order chi connectivity index (χ1) is 14.4. The number of benzene rings is 1. The maximum absolute atomic E-state index is 11.4. The van der Waals surface area contributed by atoms with Crippen molar-refractivity contribution < 1.29 is 25.3 Å². The summed E-state index contributed by atoms with van der Waals surface area (Å²) in [5, 5.41) is 53.6. The fourth-order valence-electron chi connectivity index (χ4n) is 4.17. The Kier molecular flexibility index (Phi) is 8.01. The van der Waals surface area contributed by atoms with Crippen LogP contribution in [0.3, 0.4) is 0 Å². The third-order valence-corrected chi connectivity index (χ3v) is 6.17. The number of unbranched alkanes of at least 4 members (excludes halogenated alkanes) is 3. The third-order valence-electron chi connectivity index (χ3n) is 6.17. The van der Waals surface area contributed by atoms with E-state index in [-0.39, 0.29) is 23.8 Å². The molecule has 9 nitrogen and oxygen atoms in total. The first-order valence-corrected chi connectivity index (χ1v) is 10.8. The maximum Gasteiger partial charge on any atom is 0.292 e. The lowest BCUT2D eigenvalue weighted by Gasteiger charge is -2.43. The lowest BCUT2D eigenvalue weighted by Crippen LogP contribution is -2.62. The van der Waals surface area contributed by atoms with Crippen LogP contribution in [0, 0.1) is 10.1 Å². The number of hydrogen-bond acceptors (Lipinski definition) is 8. The van der Waals surface area contributed by atoms with Gasteiger partial charge in [-0.25, -0.2) is 0 Å². The minimum Gasteiger partial charge on any atom is -0.395 e. The Labute approximate surface area is 176 Å². The van der Waals surface area contributed by atoms with Crippen molar-refractivity contribution in [2.24, 2.45) is 0 Å². The standard InChI is InChI=1S/C21H33N3O6/c25-13-18-20(27)21(28)19(26)12-23(18)10-4-2-1-3-9-22-16-8-7-15(14-5-6-14)11-17(16)24(29)30/h7-8,11,14,18-22,25-28H,1-6,9-10,12-13H2. The van der Waals surface area contributed by atoms with Gasteiger partial charge in [-0.05, 0) is 49.8 Å². The van der Waals surface area contributed by atoms with E-state index >= 15 is 0 Å². The highest BCUT2D eigenvalue weighted by atomic mass is 16.6. The largest absolute Gasteiger partial charge is 0.395 e. The Morgan fingerprint density at radius 3 is 2.50 bits per heavy atom. The van der Waals surface area contributed by atoms with Gasteiger partial charge in [-0.3, -0.25) is 15.0 Å². The van der Waals surface area contributed by atoms with Crippen LogP contribution in [0.4, 0.5) is 11.4 Å². The van der Waals surface area contributed by atoms with Crippen LogP contribution in [-0.2, 0) is 0 Å². The van der Waals surface area contributed by atoms with Crippen LogP contribution < -0.4 is 5.32 Å². The van der Waals surface area contributed by atoms with E-state index in [0.717, 1.165) is 44.1 Å². The lowest BCUT2D eigenvalue weighted by molar-refractivity contribution is -0.384. The summed E-state index contributed by atoms with van der Waals surface area (Å²) < 4.78 is 0. The zero-order valence-electron chi connectivity index (χ0n) is 17.2. The number of nitrogens with zero attached hydrogens (tertiary/aromatic N) is 2. The van der Waals surface area contributed by atoms with Gasteiger partial charge in [0.15, 0.2) is 0 Å². The molecule has 1 saturated heterocycles. The van der Waals surface area contributed by atoms with Crippen LogP contribution in [0.1, 0.15) is 50.0 Å². The van der Waals surface area contributed by atoms with Crippen LogP contribution >= 0.6 is 0 Å². The minimum absolute atomic E-state index is 0.138. The van der Waals surface area contributed by atoms with Crippen molar-refractivity contribution >= 4 is 11.4 Å². The van der Waals surface area contributed by atoms with Gasteiger partial charge in [0.25, 0.3) is 5.69 Å². The quantitative estimate of drug-likeness (QED) is 0.203. The molecule has 2 fully saturated rings. The predicted molar refractivity (Wildman–Crippen MR) is 112 cm³/mol. The highest BCUT2D eigenvalue weighted by Gasteiger charge is 2.40. The highest BCUT2D eigenvalue weighted by Crippen LogP contribution is 2.42. The van der Waals surface area contributed by atoms with Crippen LogP contribution in [0.2, 0.25) is 0 Å². The van der Waals surface area contributed by atoms with Crippen LogP contribution in [0.25, 0.3) is 0 Å². The molecule has 0 amide bonds. The van der Waals surface area contributed by atoms with Gasteiger partial charge in [0.1, 0.15) is 17.9 Å². The van der Waals surface area contributed by atoms with Gasteiger partial charge in [-0.2, -0.15) is 0 Å². The van der Waals surface area contributed by atoms with Gasteiger partial charge in [-0.1, -0.05) is 18.9 Å². The molecule has 9 heteroatoms. The zero-order valence-corrected chi connectivity index (χ0v) is 17.2. The molecule has 4 unspecified atom stereocenters. The lowest BCUT2D eigenvalue weighted by atomic mass is 9.94. The SMILES string of the molecule is O=[N+]([O-])c1cc(C2CC2)ccc1NCCCCCCN1CC(O)C(O)C(O)C1CO. The van der Waals surface area contributed by atoms with Gasteiger partial charge >= 0.3 is 0 Å². The molecule has 1 aliphatic carbocycles. The van der Waals surface area contributed by atoms with Crippen molar-refractivity contribution in [1.82, 2.24) is 4.90 Å². The van der Waals surface area contributed by atoms with Crippen LogP contribution in [0.15, 0.2) is 18.2 Å². The molecule has 5 N–H and O–H groups in total. The molecule has 0 bridgehead atoms. The highest BCUT2D eigenvalue weighted by molar-refractivity contribution is 5.63. The molecule has 168 valence electrons. The third kappa shape index (κ3) is 5.67. The molecule has 1 saturated carbocycles. The Hall–Kier alpha value is -1.78. The summed E-state index contributed by atoms with van der Waals surface area (Å²) >= 11 is 0. The molecular formula is C21H33N3O6. The van der Waals surface area contributed by atoms with E-state index < -0.39 is 24.4 Å². The predicted octanol–water partition coefficient (Wildman–Crippen LogP) is 1.20. The topological polar surface area (TPSA) is 139 Å². The molecule has 0 aromatic heterocycles. The van der Waals surface area contributed by atoms with E-state index in [1.165, 1.54) is 0 Å². The normalized spacial score (nSPS) is 27.2. The van der Waals surface area contributed by atoms with Gasteiger partial charge in [-0.15, -0.1) is 0 Å². The van der Waals surface area contributed by atoms with E-state index in [1.807, 2.05) is 17.0 Å². The molecule has 1 heterocycles. The number of anilines is 1. The Morgan fingerprint density at radius 1 is 1.10 bits per heavy atom. The molecule has 4 atom stereocenters. The average Bonchev–Trinajstić information content (AvgIpc) is 3.57. The van der Waals surface area contributed by atoms with Gasteiger partial charge in [0.05, 0.1) is 23.7 Å². The molecule has 1 aromatic carbocycles. The summed E-state index contributed by atoms with van der Waals surface area (Å²) in [4.78, 5) is 12.8. The van der Waals surface area contributed by atoms with Crippen molar-refractivity contribution in [2.75, 3.05) is 31.6 Å². The number of aliphatic hydroxyl groups excluding tert-OH is 4. The first kappa shape index (κ1) is 22.9. The van der Waals surface area contributed by atoms with Crippen LogP contribution in [-0.4, -0.2) is 80.8 Å².